The Morgan fingerprint density at radius 3 is 2.63 bits per heavy atom. The van der Waals surface area contributed by atoms with Gasteiger partial charge in [-0.1, -0.05) is 23.7 Å². The van der Waals surface area contributed by atoms with Crippen LogP contribution < -0.4 is 4.74 Å². The lowest BCUT2D eigenvalue weighted by Gasteiger charge is -2.33. The highest BCUT2D eigenvalue weighted by molar-refractivity contribution is 6.30. The van der Waals surface area contributed by atoms with Crippen LogP contribution in [0, 0.1) is 17.1 Å². The van der Waals surface area contributed by atoms with Crippen molar-refractivity contribution in [3.8, 4) is 11.9 Å². The van der Waals surface area contributed by atoms with E-state index in [4.69, 9.17) is 26.1 Å². The van der Waals surface area contributed by atoms with E-state index in [-0.39, 0.29) is 23.6 Å². The summed E-state index contributed by atoms with van der Waals surface area (Å²) in [6.45, 7) is 3.65. The molecule has 209 valence electrons. The summed E-state index contributed by atoms with van der Waals surface area (Å²) in [5.41, 5.74) is 3.12. The number of ether oxygens (including phenoxy) is 2. The number of likely N-dealkylation sites (tertiary alicyclic amines) is 1. The standard InChI is InChI=1S/C29H28ClFN7O2Si/c30-19-3-1-18(2-4-19)11-27-34-14-22(31)29(36-27)40-21-5-8-37(9-6-21)17-28-35-23-12-20(13-32)33-15-24(23)38(28)16-26(41)25-7-10-39-25/h1-4,12,14-15,21,25-26H,5-11,16-17H2/t25-,26-/m0/s1. The summed E-state index contributed by atoms with van der Waals surface area (Å²) in [6, 6.07) is 11.2. The molecule has 0 unspecified atom stereocenters. The number of hydrogen-bond donors (Lipinski definition) is 0. The number of pyridine rings is 1. The van der Waals surface area contributed by atoms with Crippen LogP contribution in [0.4, 0.5) is 4.39 Å². The molecule has 2 aliphatic rings. The molecular weight excluding hydrogens is 561 g/mol. The van der Waals surface area contributed by atoms with E-state index in [2.05, 4.69) is 40.7 Å². The minimum absolute atomic E-state index is 0.00799. The molecule has 0 bridgehead atoms. The quantitative estimate of drug-likeness (QED) is 0.267. The molecule has 12 heteroatoms. The van der Waals surface area contributed by atoms with Gasteiger partial charge in [0, 0.05) is 54.0 Å². The zero-order valence-electron chi connectivity index (χ0n) is 22.3. The maximum Gasteiger partial charge on any atom is 0.254 e. The van der Waals surface area contributed by atoms with Gasteiger partial charge >= 0.3 is 0 Å². The Balaban J connectivity index is 1.11. The molecule has 0 aliphatic carbocycles. The number of benzene rings is 1. The minimum atomic E-state index is -0.564. The van der Waals surface area contributed by atoms with Crippen LogP contribution in [-0.2, 0) is 24.2 Å². The Kier molecular flexibility index (Phi) is 8.25. The van der Waals surface area contributed by atoms with Gasteiger partial charge < -0.3 is 14.0 Å². The predicted octanol–water partition coefficient (Wildman–Crippen LogP) is 4.27. The summed E-state index contributed by atoms with van der Waals surface area (Å²) in [5, 5.41) is 9.96. The molecule has 2 aliphatic heterocycles. The Morgan fingerprint density at radius 2 is 1.93 bits per heavy atom. The maximum atomic E-state index is 14.5. The zero-order chi connectivity index (χ0) is 28.3. The van der Waals surface area contributed by atoms with E-state index in [0.717, 1.165) is 61.4 Å². The van der Waals surface area contributed by atoms with Crippen LogP contribution in [-0.4, -0.2) is 71.5 Å². The molecule has 9 nitrogen and oxygen atoms in total. The van der Waals surface area contributed by atoms with Crippen molar-refractivity contribution in [1.82, 2.24) is 29.4 Å². The summed E-state index contributed by atoms with van der Waals surface area (Å²) in [6.07, 6.45) is 5.86. The third-order valence-corrected chi connectivity index (χ3v) is 8.41. The molecule has 0 amide bonds. The van der Waals surface area contributed by atoms with E-state index in [1.54, 1.807) is 12.3 Å². The molecule has 41 heavy (non-hydrogen) atoms. The molecule has 0 spiro atoms. The largest absolute Gasteiger partial charge is 0.472 e. The van der Waals surface area contributed by atoms with E-state index in [0.29, 0.717) is 36.1 Å². The van der Waals surface area contributed by atoms with Crippen LogP contribution in [0.1, 0.15) is 42.2 Å². The zero-order valence-corrected chi connectivity index (χ0v) is 24.1. The average Bonchev–Trinajstić information content (AvgIpc) is 3.27. The average molecular weight is 589 g/mol. The van der Waals surface area contributed by atoms with Crippen molar-refractivity contribution in [3.05, 3.63) is 76.5 Å². The third kappa shape index (κ3) is 6.41. The first-order valence-electron chi connectivity index (χ1n) is 13.7. The van der Waals surface area contributed by atoms with Crippen LogP contribution in [0.2, 0.25) is 10.6 Å². The molecule has 2 fully saturated rings. The first-order chi connectivity index (χ1) is 19.9. The van der Waals surface area contributed by atoms with Crippen molar-refractivity contribution in [2.45, 2.75) is 56.5 Å². The molecule has 6 rings (SSSR count). The Morgan fingerprint density at radius 1 is 1.15 bits per heavy atom. The van der Waals surface area contributed by atoms with Gasteiger partial charge in [0.2, 0.25) is 5.82 Å². The smallest absolute Gasteiger partial charge is 0.254 e. The number of hydrogen-bond acceptors (Lipinski definition) is 8. The summed E-state index contributed by atoms with van der Waals surface area (Å²) in [4.78, 5) is 20.0. The van der Waals surface area contributed by atoms with E-state index in [9.17, 15) is 9.65 Å². The highest BCUT2D eigenvalue weighted by Gasteiger charge is 2.28. The highest BCUT2D eigenvalue weighted by atomic mass is 35.5. The van der Waals surface area contributed by atoms with Gasteiger partial charge in [-0.25, -0.2) is 15.0 Å². The lowest BCUT2D eigenvalue weighted by atomic mass is 10.1. The molecule has 0 saturated carbocycles. The van der Waals surface area contributed by atoms with E-state index >= 15 is 0 Å². The fraction of sp³-hybridized carbons (Fsp3) is 0.414. The summed E-state index contributed by atoms with van der Waals surface area (Å²) >= 11 is 5.97. The van der Waals surface area contributed by atoms with Crippen molar-refractivity contribution in [1.29, 1.82) is 5.26 Å². The molecule has 2 atom stereocenters. The second kappa shape index (κ2) is 12.2. The fourth-order valence-electron chi connectivity index (χ4n) is 5.23. The first kappa shape index (κ1) is 27.7. The number of aromatic nitrogens is 5. The van der Waals surface area contributed by atoms with Gasteiger partial charge in [0.15, 0.2) is 0 Å². The number of nitriles is 1. The van der Waals surface area contributed by atoms with Crippen LogP contribution in [0.25, 0.3) is 11.0 Å². The van der Waals surface area contributed by atoms with E-state index in [1.807, 2.05) is 24.3 Å². The van der Waals surface area contributed by atoms with Crippen LogP contribution in [0.15, 0.2) is 42.7 Å². The Hall–Kier alpha value is -3.43. The van der Waals surface area contributed by atoms with Gasteiger partial charge in [0.25, 0.3) is 5.88 Å². The SMILES string of the molecule is N#Cc1cc2nc(CN3CCC(Oc4nc(Cc5ccc(Cl)cc5)ncc4F)CC3)n(C[C@H]([Si])[C@@H]3CCO3)c2cn1. The lowest BCUT2D eigenvalue weighted by molar-refractivity contribution is -0.0556. The number of piperidine rings is 1. The third-order valence-electron chi connectivity index (χ3n) is 7.61. The highest BCUT2D eigenvalue weighted by Crippen LogP contribution is 2.28. The molecule has 2 saturated heterocycles. The van der Waals surface area contributed by atoms with E-state index in [1.165, 1.54) is 6.20 Å². The van der Waals surface area contributed by atoms with Gasteiger partial charge in [0.1, 0.15) is 29.5 Å². The minimum Gasteiger partial charge on any atom is -0.472 e. The van der Waals surface area contributed by atoms with Crippen molar-refractivity contribution in [2.24, 2.45) is 0 Å². The summed E-state index contributed by atoms with van der Waals surface area (Å²) < 4.78 is 28.4. The Labute approximate surface area is 245 Å². The monoisotopic (exact) mass is 588 g/mol. The van der Waals surface area contributed by atoms with Gasteiger partial charge in [-0.3, -0.25) is 4.90 Å². The van der Waals surface area contributed by atoms with Gasteiger partial charge in [0.05, 0.1) is 36.1 Å². The van der Waals surface area contributed by atoms with Gasteiger partial charge in [-0.2, -0.15) is 14.6 Å². The number of imidazole rings is 1. The van der Waals surface area contributed by atoms with Crippen molar-refractivity contribution >= 4 is 32.9 Å². The van der Waals surface area contributed by atoms with Crippen LogP contribution in [0.5, 0.6) is 5.88 Å². The first-order valence-corrected chi connectivity index (χ1v) is 14.6. The van der Waals surface area contributed by atoms with Crippen LogP contribution in [0.3, 0.4) is 0 Å². The maximum absolute atomic E-state index is 14.5. The van der Waals surface area contributed by atoms with Gasteiger partial charge in [-0.05, 0) is 42.5 Å². The van der Waals surface area contributed by atoms with Crippen molar-refractivity contribution < 1.29 is 13.9 Å². The second-order valence-corrected chi connectivity index (χ2v) is 11.6. The normalized spacial score (nSPS) is 18.6. The number of rotatable bonds is 9. The molecule has 1 aromatic carbocycles. The predicted molar refractivity (Wildman–Crippen MR) is 151 cm³/mol. The lowest BCUT2D eigenvalue weighted by Crippen LogP contribution is -2.39. The number of fused-ring (bicyclic) bond motifs is 1. The molecule has 5 heterocycles. The number of nitrogens with zero attached hydrogens (tertiary/aromatic N) is 7. The molecule has 3 aromatic heterocycles. The molecule has 0 N–H and O–H groups in total. The summed E-state index contributed by atoms with van der Waals surface area (Å²) in [5.74, 6) is 0.830. The van der Waals surface area contributed by atoms with Crippen LogP contribution >= 0.6 is 11.6 Å². The fourth-order valence-corrected chi connectivity index (χ4v) is 5.80. The van der Waals surface area contributed by atoms with E-state index < -0.39 is 5.82 Å². The van der Waals surface area contributed by atoms with Crippen molar-refractivity contribution in [3.63, 3.8) is 0 Å². The topological polar surface area (TPSA) is 102 Å². The van der Waals surface area contributed by atoms with Gasteiger partial charge in [-0.15, -0.1) is 0 Å². The summed E-state index contributed by atoms with van der Waals surface area (Å²) in [7, 11) is 3.86. The van der Waals surface area contributed by atoms with Crippen molar-refractivity contribution in [2.75, 3.05) is 19.7 Å². The Bertz CT molecular complexity index is 1570. The molecule has 4 aromatic rings. The molecular formula is C29H28ClFN7O2Si. The molecule has 3 radical (unpaired) electrons. The number of halogens is 2. The second-order valence-electron chi connectivity index (χ2n) is 10.4.